The van der Waals surface area contributed by atoms with Gasteiger partial charge in [0.15, 0.2) is 11.0 Å². The molecule has 9 heteroatoms. The summed E-state index contributed by atoms with van der Waals surface area (Å²) in [5.41, 5.74) is 1.81. The molecule has 1 aliphatic rings. The lowest BCUT2D eigenvalue weighted by atomic mass is 10.1. The summed E-state index contributed by atoms with van der Waals surface area (Å²) in [7, 11) is -1.39. The van der Waals surface area contributed by atoms with E-state index in [0.29, 0.717) is 46.2 Å². The second-order valence-corrected chi connectivity index (χ2v) is 9.57. The zero-order valence-electron chi connectivity index (χ0n) is 18.4. The highest BCUT2D eigenvalue weighted by Gasteiger charge is 2.30. The Bertz CT molecular complexity index is 1280. The fourth-order valence-electron chi connectivity index (χ4n) is 4.10. The maximum atomic E-state index is 12.6. The summed E-state index contributed by atoms with van der Waals surface area (Å²) in [6, 6.07) is 11.9. The van der Waals surface area contributed by atoms with Crippen LogP contribution in [0.3, 0.4) is 0 Å². The van der Waals surface area contributed by atoms with Crippen molar-refractivity contribution < 1.29 is 18.2 Å². The van der Waals surface area contributed by atoms with Crippen LogP contribution in [0.1, 0.15) is 18.4 Å². The molecule has 7 nitrogen and oxygen atoms in total. The number of fused-ring (bicyclic) bond motifs is 1. The van der Waals surface area contributed by atoms with Gasteiger partial charge in [-0.25, -0.2) is 4.21 Å². The number of carbonyl (C=O) groups excluding carboxylic acids is 1. The molecule has 2 atom stereocenters. The summed E-state index contributed by atoms with van der Waals surface area (Å²) in [5, 5.41) is 0.791. The summed E-state index contributed by atoms with van der Waals surface area (Å²) in [4.78, 5) is 27.0. The van der Waals surface area contributed by atoms with Crippen LogP contribution in [0.5, 0.6) is 5.75 Å². The third-order valence-electron chi connectivity index (χ3n) is 5.66. The first-order chi connectivity index (χ1) is 15.8. The van der Waals surface area contributed by atoms with E-state index < -0.39 is 11.0 Å². The summed E-state index contributed by atoms with van der Waals surface area (Å²) < 4.78 is 25.9. The fourth-order valence-corrected chi connectivity index (χ4v) is 4.73. The number of aryl methyl sites for hydroxylation is 1. The van der Waals surface area contributed by atoms with E-state index in [9.17, 15) is 13.8 Å². The van der Waals surface area contributed by atoms with Crippen LogP contribution in [0.15, 0.2) is 51.7 Å². The smallest absolute Gasteiger partial charge is 0.248 e. The van der Waals surface area contributed by atoms with Crippen LogP contribution in [0.2, 0.25) is 5.02 Å². The molecular formula is C24H25ClN2O5S. The molecule has 1 amide bonds. The van der Waals surface area contributed by atoms with Gasteiger partial charge in [-0.3, -0.25) is 19.2 Å². The van der Waals surface area contributed by atoms with E-state index in [1.54, 1.807) is 18.2 Å². The van der Waals surface area contributed by atoms with Crippen LogP contribution >= 0.6 is 11.6 Å². The molecule has 0 radical (unpaired) electrons. The monoisotopic (exact) mass is 488 g/mol. The maximum Gasteiger partial charge on any atom is 0.248 e. The van der Waals surface area contributed by atoms with E-state index in [-0.39, 0.29) is 17.4 Å². The van der Waals surface area contributed by atoms with E-state index in [1.165, 1.54) is 12.3 Å². The topological polar surface area (TPSA) is 88.8 Å². The van der Waals surface area contributed by atoms with Gasteiger partial charge in [0.05, 0.1) is 22.0 Å². The predicted octanol–water partition coefficient (Wildman–Crippen LogP) is 3.67. The number of likely N-dealkylation sites (tertiary alicyclic amines) is 1. The third-order valence-corrected chi connectivity index (χ3v) is 6.44. The Balaban J connectivity index is 1.55. The molecule has 1 N–H and O–H groups in total. The lowest BCUT2D eigenvalue weighted by Gasteiger charge is -2.23. The molecule has 4 rings (SSSR count). The van der Waals surface area contributed by atoms with Crippen LogP contribution in [0.4, 0.5) is 0 Å². The van der Waals surface area contributed by atoms with E-state index in [4.69, 9.17) is 20.8 Å². The zero-order chi connectivity index (χ0) is 23.5. The summed E-state index contributed by atoms with van der Waals surface area (Å²) in [6.45, 7) is 3.61. The molecule has 1 saturated heterocycles. The van der Waals surface area contributed by atoms with Gasteiger partial charge in [-0.15, -0.1) is 0 Å². The maximum absolute atomic E-state index is 12.6. The van der Waals surface area contributed by atoms with Crippen molar-refractivity contribution in [3.63, 3.8) is 0 Å². The molecule has 0 saturated carbocycles. The molecule has 0 spiro atoms. The number of rotatable bonds is 7. The minimum atomic E-state index is -1.39. The minimum Gasteiger partial charge on any atom is -0.491 e. The van der Waals surface area contributed by atoms with Gasteiger partial charge < -0.3 is 9.15 Å². The number of carbonyl (C=O) groups is 1. The van der Waals surface area contributed by atoms with Gasteiger partial charge in [0.25, 0.3) is 0 Å². The summed E-state index contributed by atoms with van der Waals surface area (Å²) >= 11 is 6.26. The highest BCUT2D eigenvalue weighted by molar-refractivity contribution is 7.82. The van der Waals surface area contributed by atoms with Gasteiger partial charge in [0.2, 0.25) is 5.91 Å². The Kier molecular flexibility index (Phi) is 7.17. The van der Waals surface area contributed by atoms with Gasteiger partial charge in [0, 0.05) is 18.9 Å². The van der Waals surface area contributed by atoms with Gasteiger partial charge in [0.1, 0.15) is 29.1 Å². The number of nitrogens with one attached hydrogen (secondary N) is 1. The van der Waals surface area contributed by atoms with Crippen molar-refractivity contribution in [2.24, 2.45) is 0 Å². The standard InChI is InChI=1S/C24H25ClN2O5S/c1-15-8-9-17(22-14-20(28)16-5-3-6-18(25)23(16)32-22)21(13-15)31-12-11-27-10-4-7-19(27)24(29)26-33(2)30/h3,5-6,8-9,13-14,19H,4,7,10-12H2,1-2H3,(H,26,29). The van der Waals surface area contributed by atoms with Gasteiger partial charge >= 0.3 is 0 Å². The number of benzene rings is 2. The van der Waals surface area contributed by atoms with Crippen molar-refractivity contribution in [3.05, 3.63) is 63.3 Å². The average Bonchev–Trinajstić information content (AvgIpc) is 3.23. The highest BCUT2D eigenvalue weighted by atomic mass is 35.5. The largest absolute Gasteiger partial charge is 0.491 e. The summed E-state index contributed by atoms with van der Waals surface area (Å²) in [5.74, 6) is 0.735. The first-order valence-corrected chi connectivity index (χ1v) is 12.6. The van der Waals surface area contributed by atoms with Crippen molar-refractivity contribution in [3.8, 4) is 17.1 Å². The Hall–Kier alpha value is -2.68. The molecule has 174 valence electrons. The van der Waals surface area contributed by atoms with Gasteiger partial charge in [-0.1, -0.05) is 23.7 Å². The first kappa shape index (κ1) is 23.5. The predicted molar refractivity (Wildman–Crippen MR) is 130 cm³/mol. The van der Waals surface area contributed by atoms with Crippen molar-refractivity contribution in [2.75, 3.05) is 26.0 Å². The average molecular weight is 489 g/mol. The number of ether oxygens (including phenoxy) is 1. The van der Waals surface area contributed by atoms with E-state index in [1.807, 2.05) is 30.0 Å². The fraction of sp³-hybridized carbons (Fsp3) is 0.333. The quantitative estimate of drug-likeness (QED) is 0.545. The first-order valence-electron chi connectivity index (χ1n) is 10.7. The van der Waals surface area contributed by atoms with Crippen LogP contribution in [0.25, 0.3) is 22.3 Å². The zero-order valence-corrected chi connectivity index (χ0v) is 20.0. The second kappa shape index (κ2) is 10.1. The van der Waals surface area contributed by atoms with Crippen LogP contribution in [0, 0.1) is 6.92 Å². The Morgan fingerprint density at radius 1 is 1.30 bits per heavy atom. The number of para-hydroxylation sites is 1. The van der Waals surface area contributed by atoms with Crippen LogP contribution in [-0.2, 0) is 15.8 Å². The molecule has 1 aromatic heterocycles. The van der Waals surface area contributed by atoms with Crippen molar-refractivity contribution in [2.45, 2.75) is 25.8 Å². The van der Waals surface area contributed by atoms with E-state index in [0.717, 1.165) is 24.9 Å². The van der Waals surface area contributed by atoms with Crippen LogP contribution < -0.4 is 14.9 Å². The van der Waals surface area contributed by atoms with E-state index >= 15 is 0 Å². The Labute approximate surface area is 199 Å². The number of hydrogen-bond donors (Lipinski definition) is 1. The molecule has 2 heterocycles. The molecule has 2 unspecified atom stereocenters. The lowest BCUT2D eigenvalue weighted by molar-refractivity contribution is -0.123. The number of nitrogens with zero attached hydrogens (tertiary/aromatic N) is 1. The molecule has 1 aliphatic heterocycles. The lowest BCUT2D eigenvalue weighted by Crippen LogP contribution is -2.44. The number of amides is 1. The molecule has 33 heavy (non-hydrogen) atoms. The molecule has 0 aliphatic carbocycles. The number of halogens is 1. The van der Waals surface area contributed by atoms with Gasteiger partial charge in [-0.05, 0) is 56.1 Å². The van der Waals surface area contributed by atoms with Crippen molar-refractivity contribution in [1.29, 1.82) is 0 Å². The minimum absolute atomic E-state index is 0.181. The summed E-state index contributed by atoms with van der Waals surface area (Å²) in [6.07, 6.45) is 3.06. The molecule has 1 fully saturated rings. The number of hydrogen-bond acceptors (Lipinski definition) is 6. The second-order valence-electron chi connectivity index (χ2n) is 8.05. The van der Waals surface area contributed by atoms with Crippen molar-refractivity contribution in [1.82, 2.24) is 9.62 Å². The molecular weight excluding hydrogens is 464 g/mol. The van der Waals surface area contributed by atoms with E-state index in [2.05, 4.69) is 4.72 Å². The molecule has 0 bridgehead atoms. The normalized spacial score (nSPS) is 17.2. The van der Waals surface area contributed by atoms with Gasteiger partial charge in [-0.2, -0.15) is 0 Å². The molecule has 3 aromatic rings. The molecule has 2 aromatic carbocycles. The Morgan fingerprint density at radius 2 is 2.12 bits per heavy atom. The van der Waals surface area contributed by atoms with Crippen LogP contribution in [-0.4, -0.2) is 47.0 Å². The third kappa shape index (κ3) is 5.29. The van der Waals surface area contributed by atoms with Crippen molar-refractivity contribution >= 4 is 39.5 Å². The Morgan fingerprint density at radius 3 is 2.91 bits per heavy atom. The SMILES string of the molecule is Cc1ccc(-c2cc(=O)c3cccc(Cl)c3o2)c(OCCN2CCCC2C(=O)NS(C)=O)c1. The highest BCUT2D eigenvalue weighted by Crippen LogP contribution is 2.33.